The van der Waals surface area contributed by atoms with E-state index in [9.17, 15) is 5.11 Å². The maximum atomic E-state index is 10.5. The molecule has 2 aromatic rings. The van der Waals surface area contributed by atoms with Gasteiger partial charge in [-0.3, -0.25) is 4.90 Å². The number of hydrogen-bond donors (Lipinski definition) is 1. The standard InChI is InChI=1S/C23H31NO5/c1-26-20-7-4-6-18(13-20)21-8-5-11-24(21)14-19(25)16-29-15-17-9-10-22(27-2)23(12-17)28-3/h4,6-7,9-10,12-13,19,21,25H,5,8,11,14-16H2,1-3H3. The molecule has 1 heterocycles. The van der Waals surface area contributed by atoms with Crippen molar-refractivity contribution < 1.29 is 24.1 Å². The Morgan fingerprint density at radius 3 is 2.62 bits per heavy atom. The second-order valence-corrected chi connectivity index (χ2v) is 7.29. The zero-order chi connectivity index (χ0) is 20.6. The summed E-state index contributed by atoms with van der Waals surface area (Å²) in [6.07, 6.45) is 1.68. The van der Waals surface area contributed by atoms with Gasteiger partial charge in [0, 0.05) is 12.6 Å². The Labute approximate surface area is 173 Å². The molecule has 1 saturated heterocycles. The van der Waals surface area contributed by atoms with E-state index in [4.69, 9.17) is 18.9 Å². The largest absolute Gasteiger partial charge is 0.497 e. The number of rotatable bonds is 10. The molecule has 0 aromatic heterocycles. The molecule has 3 rings (SSSR count). The van der Waals surface area contributed by atoms with Crippen LogP contribution >= 0.6 is 0 Å². The minimum absolute atomic E-state index is 0.287. The van der Waals surface area contributed by atoms with Gasteiger partial charge in [-0.05, 0) is 54.8 Å². The number of likely N-dealkylation sites (tertiary alicyclic amines) is 1. The van der Waals surface area contributed by atoms with Crippen LogP contribution in [0, 0.1) is 0 Å². The van der Waals surface area contributed by atoms with Crippen molar-refractivity contribution in [1.29, 1.82) is 0 Å². The number of benzene rings is 2. The van der Waals surface area contributed by atoms with E-state index < -0.39 is 6.10 Å². The lowest BCUT2D eigenvalue weighted by molar-refractivity contribution is 0.00766. The van der Waals surface area contributed by atoms with Crippen LogP contribution in [0.2, 0.25) is 0 Å². The van der Waals surface area contributed by atoms with E-state index in [2.05, 4.69) is 17.0 Å². The minimum Gasteiger partial charge on any atom is -0.497 e. The molecule has 0 spiro atoms. The first kappa shape index (κ1) is 21.4. The van der Waals surface area contributed by atoms with Crippen molar-refractivity contribution in [2.24, 2.45) is 0 Å². The van der Waals surface area contributed by atoms with Crippen LogP contribution in [0.15, 0.2) is 42.5 Å². The van der Waals surface area contributed by atoms with Gasteiger partial charge in [0.2, 0.25) is 0 Å². The summed E-state index contributed by atoms with van der Waals surface area (Å²) >= 11 is 0. The van der Waals surface area contributed by atoms with Crippen LogP contribution in [-0.4, -0.2) is 57.1 Å². The van der Waals surface area contributed by atoms with Crippen molar-refractivity contribution >= 4 is 0 Å². The molecule has 2 atom stereocenters. The first-order chi connectivity index (χ1) is 14.1. The molecule has 6 heteroatoms. The van der Waals surface area contributed by atoms with Crippen LogP contribution in [0.4, 0.5) is 0 Å². The summed E-state index contributed by atoms with van der Waals surface area (Å²) < 4.78 is 21.7. The van der Waals surface area contributed by atoms with Gasteiger partial charge in [0.25, 0.3) is 0 Å². The van der Waals surface area contributed by atoms with Crippen LogP contribution in [0.25, 0.3) is 0 Å². The van der Waals surface area contributed by atoms with Crippen molar-refractivity contribution in [2.45, 2.75) is 31.6 Å². The van der Waals surface area contributed by atoms with Crippen LogP contribution < -0.4 is 14.2 Å². The Morgan fingerprint density at radius 1 is 1.03 bits per heavy atom. The second kappa shape index (κ2) is 10.5. The fraction of sp³-hybridized carbons (Fsp3) is 0.478. The third kappa shape index (κ3) is 5.63. The van der Waals surface area contributed by atoms with Gasteiger partial charge in [0.15, 0.2) is 11.5 Å². The first-order valence-electron chi connectivity index (χ1n) is 9.99. The molecular formula is C23H31NO5. The van der Waals surface area contributed by atoms with Gasteiger partial charge in [-0.2, -0.15) is 0 Å². The van der Waals surface area contributed by atoms with Gasteiger partial charge in [0.1, 0.15) is 5.75 Å². The highest BCUT2D eigenvalue weighted by molar-refractivity contribution is 5.42. The van der Waals surface area contributed by atoms with Crippen molar-refractivity contribution in [3.05, 3.63) is 53.6 Å². The third-order valence-electron chi connectivity index (χ3n) is 5.31. The number of ether oxygens (including phenoxy) is 4. The molecule has 1 fully saturated rings. The maximum Gasteiger partial charge on any atom is 0.161 e. The topological polar surface area (TPSA) is 60.4 Å². The monoisotopic (exact) mass is 401 g/mol. The minimum atomic E-state index is -0.540. The molecule has 6 nitrogen and oxygen atoms in total. The number of nitrogens with zero attached hydrogens (tertiary/aromatic N) is 1. The van der Waals surface area contributed by atoms with Crippen LogP contribution in [0.3, 0.4) is 0 Å². The molecule has 1 aliphatic rings. The van der Waals surface area contributed by atoms with Gasteiger partial charge in [-0.1, -0.05) is 18.2 Å². The fourth-order valence-corrected chi connectivity index (χ4v) is 3.88. The van der Waals surface area contributed by atoms with Crippen molar-refractivity contribution in [3.63, 3.8) is 0 Å². The Balaban J connectivity index is 1.50. The van der Waals surface area contributed by atoms with E-state index >= 15 is 0 Å². The molecule has 1 N–H and O–H groups in total. The predicted octanol–water partition coefficient (Wildman–Crippen LogP) is 3.43. The fourth-order valence-electron chi connectivity index (χ4n) is 3.88. The Kier molecular flexibility index (Phi) is 7.75. The van der Waals surface area contributed by atoms with Gasteiger partial charge >= 0.3 is 0 Å². The number of aliphatic hydroxyl groups is 1. The van der Waals surface area contributed by atoms with Crippen molar-refractivity contribution in [2.75, 3.05) is 41.0 Å². The van der Waals surface area contributed by atoms with Gasteiger partial charge in [-0.25, -0.2) is 0 Å². The summed E-state index contributed by atoms with van der Waals surface area (Å²) in [5.74, 6) is 2.23. The molecular weight excluding hydrogens is 370 g/mol. The molecule has 158 valence electrons. The Morgan fingerprint density at radius 2 is 1.86 bits per heavy atom. The molecule has 0 radical (unpaired) electrons. The normalized spacial score (nSPS) is 17.9. The third-order valence-corrected chi connectivity index (χ3v) is 5.31. The molecule has 0 amide bonds. The van der Waals surface area contributed by atoms with Crippen molar-refractivity contribution in [1.82, 2.24) is 4.90 Å². The second-order valence-electron chi connectivity index (χ2n) is 7.29. The smallest absolute Gasteiger partial charge is 0.161 e. The Hall–Kier alpha value is -2.28. The number of aliphatic hydroxyl groups excluding tert-OH is 1. The highest BCUT2D eigenvalue weighted by atomic mass is 16.5. The average Bonchev–Trinajstić information content (AvgIpc) is 3.21. The molecule has 2 unspecified atom stereocenters. The van der Waals surface area contributed by atoms with Crippen LogP contribution in [0.1, 0.15) is 30.0 Å². The van der Waals surface area contributed by atoms with Crippen LogP contribution in [-0.2, 0) is 11.3 Å². The summed E-state index contributed by atoms with van der Waals surface area (Å²) in [5.41, 5.74) is 2.21. The lowest BCUT2D eigenvalue weighted by Gasteiger charge is -2.27. The SMILES string of the molecule is COc1cccc(C2CCCN2CC(O)COCc2ccc(OC)c(OC)c2)c1. The van der Waals surface area contributed by atoms with E-state index in [-0.39, 0.29) is 6.61 Å². The molecule has 2 aromatic carbocycles. The number of methoxy groups -OCH3 is 3. The van der Waals surface area contributed by atoms with E-state index in [1.165, 1.54) is 5.56 Å². The zero-order valence-corrected chi connectivity index (χ0v) is 17.5. The average molecular weight is 402 g/mol. The first-order valence-corrected chi connectivity index (χ1v) is 9.99. The van der Waals surface area contributed by atoms with Gasteiger partial charge in [0.05, 0.1) is 40.6 Å². The van der Waals surface area contributed by atoms with E-state index in [1.54, 1.807) is 21.3 Å². The lowest BCUT2D eigenvalue weighted by Crippen LogP contribution is -2.34. The summed E-state index contributed by atoms with van der Waals surface area (Å²) in [5, 5.41) is 10.5. The highest BCUT2D eigenvalue weighted by Gasteiger charge is 2.27. The summed E-state index contributed by atoms with van der Waals surface area (Å²) in [6.45, 7) is 2.27. The zero-order valence-electron chi connectivity index (χ0n) is 17.5. The highest BCUT2D eigenvalue weighted by Crippen LogP contribution is 2.33. The molecule has 29 heavy (non-hydrogen) atoms. The quantitative estimate of drug-likeness (QED) is 0.658. The van der Waals surface area contributed by atoms with E-state index in [0.717, 1.165) is 30.7 Å². The lowest BCUT2D eigenvalue weighted by atomic mass is 10.0. The van der Waals surface area contributed by atoms with E-state index in [0.29, 0.717) is 30.7 Å². The summed E-state index contributed by atoms with van der Waals surface area (Å²) in [7, 11) is 4.91. The van der Waals surface area contributed by atoms with E-state index in [1.807, 2.05) is 30.3 Å². The molecule has 0 saturated carbocycles. The number of hydrogen-bond acceptors (Lipinski definition) is 6. The molecule has 0 bridgehead atoms. The Bertz CT molecular complexity index is 782. The molecule has 1 aliphatic heterocycles. The van der Waals surface area contributed by atoms with Crippen molar-refractivity contribution in [3.8, 4) is 17.2 Å². The molecule has 0 aliphatic carbocycles. The maximum absolute atomic E-state index is 10.5. The van der Waals surface area contributed by atoms with Gasteiger partial charge in [-0.15, -0.1) is 0 Å². The predicted molar refractivity (Wildman–Crippen MR) is 112 cm³/mol. The summed E-state index contributed by atoms with van der Waals surface area (Å²) in [6, 6.07) is 14.2. The van der Waals surface area contributed by atoms with Gasteiger partial charge < -0.3 is 24.1 Å². The number of β-amino-alcohol motifs (C(OH)–C–C–N with tert-alkyl or cyclic N) is 1. The summed E-state index contributed by atoms with van der Waals surface area (Å²) in [4.78, 5) is 2.33. The van der Waals surface area contributed by atoms with Crippen LogP contribution in [0.5, 0.6) is 17.2 Å².